The summed E-state index contributed by atoms with van der Waals surface area (Å²) in [6, 6.07) is 17.5. The van der Waals surface area contributed by atoms with Gasteiger partial charge in [0.05, 0.1) is 18.0 Å². The van der Waals surface area contributed by atoms with E-state index in [4.69, 9.17) is 11.6 Å². The number of benzene rings is 2. The quantitative estimate of drug-likeness (QED) is 0.703. The Hall–Kier alpha value is -2.04. The first-order valence-corrected chi connectivity index (χ1v) is 8.57. The molecule has 0 saturated heterocycles. The van der Waals surface area contributed by atoms with Gasteiger partial charge in [0.1, 0.15) is 0 Å². The van der Waals surface area contributed by atoms with E-state index in [1.807, 2.05) is 54.6 Å². The molecule has 3 rings (SSSR count). The number of carbonyl (C=O) groups is 1. The summed E-state index contributed by atoms with van der Waals surface area (Å²) in [5.41, 5.74) is 0.846. The Morgan fingerprint density at radius 3 is 2.70 bits per heavy atom. The molecule has 23 heavy (non-hydrogen) atoms. The Kier molecular flexibility index (Phi) is 5.16. The lowest BCUT2D eigenvalue weighted by atomic mass is 10.1. The van der Waals surface area contributed by atoms with Crippen LogP contribution in [0, 0.1) is 0 Å². The van der Waals surface area contributed by atoms with Gasteiger partial charge in [-0.05, 0) is 29.7 Å². The van der Waals surface area contributed by atoms with Gasteiger partial charge >= 0.3 is 0 Å². The monoisotopic (exact) mass is 342 g/mol. The van der Waals surface area contributed by atoms with Crippen molar-refractivity contribution in [1.82, 2.24) is 10.3 Å². The van der Waals surface area contributed by atoms with Gasteiger partial charge < -0.3 is 5.32 Å². The molecule has 116 valence electrons. The fraction of sp³-hybridized carbons (Fsp3) is 0.111. The van der Waals surface area contributed by atoms with Crippen molar-refractivity contribution in [3.05, 3.63) is 71.5 Å². The molecule has 0 aliphatic rings. The number of hydrogen-bond donors (Lipinski definition) is 1. The molecule has 0 spiro atoms. The first-order valence-electron chi connectivity index (χ1n) is 7.21. The minimum atomic E-state index is -0.0234. The lowest BCUT2D eigenvalue weighted by Crippen LogP contribution is -2.24. The van der Waals surface area contributed by atoms with Crippen LogP contribution in [0.1, 0.15) is 5.69 Å². The summed E-state index contributed by atoms with van der Waals surface area (Å²) >= 11 is 7.79. The second kappa shape index (κ2) is 7.49. The van der Waals surface area contributed by atoms with Crippen LogP contribution in [0.4, 0.5) is 0 Å². The maximum absolute atomic E-state index is 12.0. The molecule has 0 bridgehead atoms. The average Bonchev–Trinajstić information content (AvgIpc) is 2.59. The van der Waals surface area contributed by atoms with Gasteiger partial charge in [-0.25, -0.2) is 0 Å². The van der Waals surface area contributed by atoms with Crippen LogP contribution in [0.15, 0.2) is 65.7 Å². The van der Waals surface area contributed by atoms with E-state index in [2.05, 4.69) is 10.3 Å². The van der Waals surface area contributed by atoms with E-state index >= 15 is 0 Å². The molecule has 1 amide bonds. The van der Waals surface area contributed by atoms with Gasteiger partial charge in [0, 0.05) is 21.5 Å². The summed E-state index contributed by atoms with van der Waals surface area (Å²) in [4.78, 5) is 17.2. The van der Waals surface area contributed by atoms with Crippen molar-refractivity contribution in [3.8, 4) is 0 Å². The van der Waals surface area contributed by atoms with Gasteiger partial charge in [-0.3, -0.25) is 9.78 Å². The Labute approximate surface area is 144 Å². The zero-order valence-electron chi connectivity index (χ0n) is 12.3. The molecule has 3 aromatic rings. The van der Waals surface area contributed by atoms with Gasteiger partial charge in [0.15, 0.2) is 0 Å². The molecule has 0 atom stereocenters. The lowest BCUT2D eigenvalue weighted by Gasteiger charge is -2.08. The number of aromatic nitrogens is 1. The molecule has 0 radical (unpaired) electrons. The molecule has 1 N–H and O–H groups in total. The Balaban J connectivity index is 1.63. The molecule has 0 fully saturated rings. The molecule has 5 heteroatoms. The van der Waals surface area contributed by atoms with Crippen LogP contribution in [-0.4, -0.2) is 16.6 Å². The topological polar surface area (TPSA) is 42.0 Å². The highest BCUT2D eigenvalue weighted by Gasteiger charge is 2.08. The first-order chi connectivity index (χ1) is 11.2. The number of fused-ring (bicyclic) bond motifs is 1. The number of hydrogen-bond acceptors (Lipinski definition) is 3. The zero-order valence-corrected chi connectivity index (χ0v) is 13.9. The van der Waals surface area contributed by atoms with Crippen LogP contribution in [-0.2, 0) is 11.3 Å². The van der Waals surface area contributed by atoms with Crippen LogP contribution in [0.3, 0.4) is 0 Å². The molecule has 1 heterocycles. The van der Waals surface area contributed by atoms with E-state index in [0.717, 1.165) is 21.4 Å². The number of rotatable bonds is 5. The second-order valence-corrected chi connectivity index (χ2v) is 6.40. The summed E-state index contributed by atoms with van der Waals surface area (Å²) in [6.45, 7) is 0.441. The highest BCUT2D eigenvalue weighted by atomic mass is 35.5. The lowest BCUT2D eigenvalue weighted by molar-refractivity contribution is -0.118. The maximum Gasteiger partial charge on any atom is 0.230 e. The molecule has 0 aliphatic heterocycles. The van der Waals surface area contributed by atoms with E-state index in [0.29, 0.717) is 17.3 Å². The normalized spacial score (nSPS) is 10.7. The van der Waals surface area contributed by atoms with Gasteiger partial charge in [0.2, 0.25) is 5.91 Å². The van der Waals surface area contributed by atoms with Crippen molar-refractivity contribution in [2.45, 2.75) is 11.4 Å². The fourth-order valence-electron chi connectivity index (χ4n) is 2.27. The second-order valence-electron chi connectivity index (χ2n) is 4.98. The number of halogens is 1. The summed E-state index contributed by atoms with van der Waals surface area (Å²) < 4.78 is 0. The van der Waals surface area contributed by atoms with Crippen molar-refractivity contribution < 1.29 is 4.79 Å². The summed E-state index contributed by atoms with van der Waals surface area (Å²) in [5.74, 6) is 0.321. The van der Waals surface area contributed by atoms with Crippen molar-refractivity contribution >= 4 is 40.0 Å². The number of pyridine rings is 1. The minimum absolute atomic E-state index is 0.0234. The molecule has 3 nitrogen and oxygen atoms in total. The highest BCUT2D eigenvalue weighted by Crippen LogP contribution is 2.32. The number of nitrogens with one attached hydrogen (secondary N) is 1. The smallest absolute Gasteiger partial charge is 0.230 e. The maximum atomic E-state index is 12.0. The van der Waals surface area contributed by atoms with Crippen LogP contribution in [0.25, 0.3) is 10.8 Å². The minimum Gasteiger partial charge on any atom is -0.350 e. The molecular weight excluding hydrogens is 328 g/mol. The summed E-state index contributed by atoms with van der Waals surface area (Å²) in [5, 5.41) is 5.66. The van der Waals surface area contributed by atoms with Crippen molar-refractivity contribution in [3.63, 3.8) is 0 Å². The molecule has 0 saturated carbocycles. The standard InChI is InChI=1S/C18H15ClN2OS/c19-15-8-3-5-13-6-4-9-16(18(13)15)23-12-17(22)21-11-14-7-1-2-10-20-14/h1-10H,11-12H2,(H,21,22). The summed E-state index contributed by atoms with van der Waals surface area (Å²) in [7, 11) is 0. The molecule has 0 unspecified atom stereocenters. The Bertz CT molecular complexity index is 818. The van der Waals surface area contributed by atoms with Crippen molar-refractivity contribution in [2.24, 2.45) is 0 Å². The van der Waals surface area contributed by atoms with Crippen molar-refractivity contribution in [2.75, 3.05) is 5.75 Å². The van der Waals surface area contributed by atoms with Crippen LogP contribution in [0.5, 0.6) is 0 Å². The van der Waals surface area contributed by atoms with E-state index in [9.17, 15) is 4.79 Å². The van der Waals surface area contributed by atoms with Crippen LogP contribution >= 0.6 is 23.4 Å². The largest absolute Gasteiger partial charge is 0.350 e. The van der Waals surface area contributed by atoms with Gasteiger partial charge in [0.25, 0.3) is 0 Å². The molecular formula is C18H15ClN2OS. The third-order valence-electron chi connectivity index (χ3n) is 3.37. The highest BCUT2D eigenvalue weighted by molar-refractivity contribution is 8.00. The third-order valence-corrected chi connectivity index (χ3v) is 4.74. The van der Waals surface area contributed by atoms with E-state index in [1.165, 1.54) is 11.8 Å². The van der Waals surface area contributed by atoms with Crippen molar-refractivity contribution in [1.29, 1.82) is 0 Å². The number of thioether (sulfide) groups is 1. The zero-order chi connectivity index (χ0) is 16.1. The van der Waals surface area contributed by atoms with Crippen LogP contribution < -0.4 is 5.32 Å². The van der Waals surface area contributed by atoms with Gasteiger partial charge in [-0.2, -0.15) is 0 Å². The molecule has 0 aliphatic carbocycles. The first kappa shape index (κ1) is 15.8. The van der Waals surface area contributed by atoms with E-state index in [-0.39, 0.29) is 5.91 Å². The predicted molar refractivity (Wildman–Crippen MR) is 95.8 cm³/mol. The SMILES string of the molecule is O=C(CSc1cccc2cccc(Cl)c12)NCc1ccccn1. The number of amides is 1. The van der Waals surface area contributed by atoms with E-state index < -0.39 is 0 Å². The van der Waals surface area contributed by atoms with Crippen LogP contribution in [0.2, 0.25) is 5.02 Å². The summed E-state index contributed by atoms with van der Waals surface area (Å²) in [6.07, 6.45) is 1.72. The Morgan fingerprint density at radius 1 is 1.09 bits per heavy atom. The predicted octanol–water partition coefficient (Wildman–Crippen LogP) is 4.30. The van der Waals surface area contributed by atoms with Gasteiger partial charge in [-0.15, -0.1) is 11.8 Å². The number of nitrogens with zero attached hydrogens (tertiary/aromatic N) is 1. The van der Waals surface area contributed by atoms with Gasteiger partial charge in [-0.1, -0.05) is 41.9 Å². The average molecular weight is 343 g/mol. The number of carbonyl (C=O) groups excluding carboxylic acids is 1. The Morgan fingerprint density at radius 2 is 1.91 bits per heavy atom. The van der Waals surface area contributed by atoms with E-state index in [1.54, 1.807) is 6.20 Å². The third kappa shape index (κ3) is 4.03. The fourth-order valence-corrected chi connectivity index (χ4v) is 3.54. The molecule has 2 aromatic carbocycles. The molecule has 1 aromatic heterocycles.